The zero-order valence-corrected chi connectivity index (χ0v) is 11.6. The smallest absolute Gasteiger partial charge is 0.201 e. The van der Waals surface area contributed by atoms with Gasteiger partial charge in [-0.2, -0.15) is 4.39 Å². The summed E-state index contributed by atoms with van der Waals surface area (Å²) in [6.07, 6.45) is 0. The van der Waals surface area contributed by atoms with Crippen molar-refractivity contribution in [2.75, 3.05) is 0 Å². The maximum atomic E-state index is 13.6. The summed E-state index contributed by atoms with van der Waals surface area (Å²) in [7, 11) is 0. The van der Waals surface area contributed by atoms with E-state index < -0.39 is 11.6 Å². The summed E-state index contributed by atoms with van der Waals surface area (Å²) in [6.45, 7) is 0. The van der Waals surface area contributed by atoms with Gasteiger partial charge in [-0.25, -0.2) is 4.39 Å². The van der Waals surface area contributed by atoms with Crippen molar-refractivity contribution in [3.63, 3.8) is 0 Å². The van der Waals surface area contributed by atoms with Gasteiger partial charge in [-0.3, -0.25) is 0 Å². The summed E-state index contributed by atoms with van der Waals surface area (Å²) in [5.74, 6) is -2.53. The lowest BCUT2D eigenvalue weighted by Gasteiger charge is -2.12. The molecule has 2 rings (SSSR count). The van der Waals surface area contributed by atoms with E-state index in [0.717, 1.165) is 6.07 Å². The van der Waals surface area contributed by atoms with Crippen LogP contribution in [0, 0.1) is 11.6 Å². The van der Waals surface area contributed by atoms with Crippen LogP contribution in [0.4, 0.5) is 8.78 Å². The van der Waals surface area contributed by atoms with Crippen molar-refractivity contribution in [3.8, 4) is 11.5 Å². The van der Waals surface area contributed by atoms with Gasteiger partial charge < -0.3 is 15.7 Å². The largest absolute Gasteiger partial charge is 0.453 e. The van der Waals surface area contributed by atoms with Crippen LogP contribution < -0.4 is 10.5 Å². The first kappa shape index (κ1) is 14.3. The average molecular weight is 343 g/mol. The zero-order chi connectivity index (χ0) is 14.7. The van der Waals surface area contributed by atoms with Gasteiger partial charge in [-0.1, -0.05) is 17.3 Å². The van der Waals surface area contributed by atoms with Crippen LogP contribution in [0.5, 0.6) is 11.5 Å². The van der Waals surface area contributed by atoms with E-state index in [0.29, 0.717) is 4.47 Å². The minimum Gasteiger partial charge on any atom is -0.453 e. The first-order valence-corrected chi connectivity index (χ1v) is 6.22. The van der Waals surface area contributed by atoms with Gasteiger partial charge in [-0.15, -0.1) is 0 Å². The summed E-state index contributed by atoms with van der Waals surface area (Å²) < 4.78 is 32.5. The monoisotopic (exact) mass is 342 g/mol. The quantitative estimate of drug-likeness (QED) is 0.387. The second-order valence-corrected chi connectivity index (χ2v) is 4.61. The Hall–Kier alpha value is -2.15. The van der Waals surface area contributed by atoms with Crippen LogP contribution >= 0.6 is 15.9 Å². The molecule has 0 aliphatic rings. The SMILES string of the molecule is N/C(=N/O)c1c(Br)cccc1Oc1cccc(F)c1F. The van der Waals surface area contributed by atoms with Crippen LogP contribution in [0.1, 0.15) is 5.56 Å². The summed E-state index contributed by atoms with van der Waals surface area (Å²) in [5.41, 5.74) is 5.77. The maximum Gasteiger partial charge on any atom is 0.201 e. The molecule has 20 heavy (non-hydrogen) atoms. The minimum atomic E-state index is -1.11. The van der Waals surface area contributed by atoms with E-state index >= 15 is 0 Å². The Morgan fingerprint density at radius 1 is 1.15 bits per heavy atom. The molecule has 7 heteroatoms. The van der Waals surface area contributed by atoms with Crippen molar-refractivity contribution < 1.29 is 18.7 Å². The number of nitrogens with zero attached hydrogens (tertiary/aromatic N) is 1. The Labute approximate surface area is 121 Å². The number of oxime groups is 1. The van der Waals surface area contributed by atoms with E-state index in [2.05, 4.69) is 21.1 Å². The number of hydrogen-bond acceptors (Lipinski definition) is 3. The van der Waals surface area contributed by atoms with Crippen molar-refractivity contribution in [3.05, 3.63) is 58.1 Å². The van der Waals surface area contributed by atoms with Gasteiger partial charge in [0, 0.05) is 4.47 Å². The van der Waals surface area contributed by atoms with Crippen molar-refractivity contribution in [2.45, 2.75) is 0 Å². The van der Waals surface area contributed by atoms with Gasteiger partial charge >= 0.3 is 0 Å². The summed E-state index contributed by atoms with van der Waals surface area (Å²) in [4.78, 5) is 0. The van der Waals surface area contributed by atoms with E-state index in [4.69, 9.17) is 15.7 Å². The highest BCUT2D eigenvalue weighted by atomic mass is 79.9. The number of hydrogen-bond donors (Lipinski definition) is 2. The number of benzene rings is 2. The predicted octanol–water partition coefficient (Wildman–Crippen LogP) is 3.61. The van der Waals surface area contributed by atoms with Crippen molar-refractivity contribution in [2.24, 2.45) is 10.9 Å². The lowest BCUT2D eigenvalue weighted by atomic mass is 10.2. The van der Waals surface area contributed by atoms with Gasteiger partial charge in [0.15, 0.2) is 17.4 Å². The Kier molecular flexibility index (Phi) is 4.19. The molecular formula is C13H9BrF2N2O2. The molecule has 0 saturated carbocycles. The molecule has 0 radical (unpaired) electrons. The summed E-state index contributed by atoms with van der Waals surface area (Å²) in [6, 6.07) is 8.31. The molecule has 0 atom stereocenters. The molecule has 0 aliphatic carbocycles. The number of ether oxygens (including phenoxy) is 1. The molecule has 104 valence electrons. The van der Waals surface area contributed by atoms with Crippen LogP contribution in [-0.4, -0.2) is 11.0 Å². The van der Waals surface area contributed by atoms with Crippen LogP contribution in [0.25, 0.3) is 0 Å². The average Bonchev–Trinajstić information content (AvgIpc) is 2.43. The first-order chi connectivity index (χ1) is 9.54. The third-order valence-electron chi connectivity index (χ3n) is 2.48. The summed E-state index contributed by atoms with van der Waals surface area (Å²) >= 11 is 3.22. The van der Waals surface area contributed by atoms with Crippen LogP contribution in [0.3, 0.4) is 0 Å². The van der Waals surface area contributed by atoms with Crippen molar-refractivity contribution >= 4 is 21.8 Å². The third kappa shape index (κ3) is 2.72. The molecule has 0 spiro atoms. The normalized spacial score (nSPS) is 11.4. The maximum absolute atomic E-state index is 13.6. The van der Waals surface area contributed by atoms with E-state index in [1.807, 2.05) is 0 Å². The lowest BCUT2D eigenvalue weighted by molar-refractivity contribution is 0.318. The van der Waals surface area contributed by atoms with E-state index in [1.165, 1.54) is 18.2 Å². The molecule has 0 fully saturated rings. The number of halogens is 3. The molecule has 4 nitrogen and oxygen atoms in total. The molecule has 2 aromatic rings. The molecule has 0 amide bonds. The Balaban J connectivity index is 2.49. The van der Waals surface area contributed by atoms with Gasteiger partial charge in [0.1, 0.15) is 5.75 Å². The highest BCUT2D eigenvalue weighted by molar-refractivity contribution is 9.10. The fourth-order valence-corrected chi connectivity index (χ4v) is 2.12. The molecule has 0 unspecified atom stereocenters. The first-order valence-electron chi connectivity index (χ1n) is 5.43. The molecule has 0 aliphatic heterocycles. The molecule has 0 aromatic heterocycles. The third-order valence-corrected chi connectivity index (χ3v) is 3.14. The van der Waals surface area contributed by atoms with E-state index in [9.17, 15) is 8.78 Å². The Morgan fingerprint density at radius 2 is 1.80 bits per heavy atom. The fourth-order valence-electron chi connectivity index (χ4n) is 1.57. The molecule has 3 N–H and O–H groups in total. The van der Waals surface area contributed by atoms with Crippen LogP contribution in [0.2, 0.25) is 0 Å². The number of amidine groups is 1. The standard InChI is InChI=1S/C13H9BrF2N2O2/c14-7-3-1-5-9(11(7)13(17)18-19)20-10-6-2-4-8(15)12(10)16/h1-6,19H,(H2,17,18). The minimum absolute atomic E-state index is 0.124. The van der Waals surface area contributed by atoms with Crippen LogP contribution in [-0.2, 0) is 0 Å². The second-order valence-electron chi connectivity index (χ2n) is 3.75. The van der Waals surface area contributed by atoms with Gasteiger partial charge in [0.25, 0.3) is 0 Å². The topological polar surface area (TPSA) is 67.8 Å². The van der Waals surface area contributed by atoms with E-state index in [-0.39, 0.29) is 22.9 Å². The Morgan fingerprint density at radius 3 is 2.50 bits per heavy atom. The van der Waals surface area contributed by atoms with Crippen molar-refractivity contribution in [1.82, 2.24) is 0 Å². The Bertz CT molecular complexity index is 677. The fraction of sp³-hybridized carbons (Fsp3) is 0. The molecule has 2 aromatic carbocycles. The zero-order valence-electron chi connectivity index (χ0n) is 9.98. The van der Waals surface area contributed by atoms with E-state index in [1.54, 1.807) is 12.1 Å². The van der Waals surface area contributed by atoms with Crippen LogP contribution in [0.15, 0.2) is 46.0 Å². The van der Waals surface area contributed by atoms with Gasteiger partial charge in [-0.05, 0) is 40.2 Å². The predicted molar refractivity (Wildman–Crippen MR) is 73.1 cm³/mol. The summed E-state index contributed by atoms with van der Waals surface area (Å²) in [5, 5.41) is 11.6. The molecule has 0 bridgehead atoms. The van der Waals surface area contributed by atoms with Crippen molar-refractivity contribution in [1.29, 1.82) is 0 Å². The highest BCUT2D eigenvalue weighted by Crippen LogP contribution is 2.32. The molecule has 0 heterocycles. The number of nitrogens with two attached hydrogens (primary N) is 1. The van der Waals surface area contributed by atoms with Gasteiger partial charge in [0.05, 0.1) is 5.56 Å². The lowest BCUT2D eigenvalue weighted by Crippen LogP contribution is -2.15. The molecular weight excluding hydrogens is 334 g/mol. The molecule has 0 saturated heterocycles. The number of rotatable bonds is 3. The highest BCUT2D eigenvalue weighted by Gasteiger charge is 2.16. The van der Waals surface area contributed by atoms with Gasteiger partial charge in [0.2, 0.25) is 5.82 Å². The second kappa shape index (κ2) is 5.87.